The van der Waals surface area contributed by atoms with E-state index in [1.54, 1.807) is 25.2 Å². The molecule has 7 nitrogen and oxygen atoms in total. The third-order valence-corrected chi connectivity index (χ3v) is 3.41. The van der Waals surface area contributed by atoms with Crippen molar-refractivity contribution in [2.45, 2.75) is 10.1 Å². The summed E-state index contributed by atoms with van der Waals surface area (Å²) in [7, 11) is 1.56. The Balaban J connectivity index is 2.47. The smallest absolute Gasteiger partial charge is 0.339 e. The molecule has 0 aliphatic rings. The van der Waals surface area contributed by atoms with Crippen molar-refractivity contribution < 1.29 is 0 Å². The molecule has 1 aromatic carbocycles. The van der Waals surface area contributed by atoms with Gasteiger partial charge in [0.1, 0.15) is 0 Å². The second kappa shape index (κ2) is 4.99. The van der Waals surface area contributed by atoms with Crippen LogP contribution in [-0.4, -0.2) is 14.8 Å². The van der Waals surface area contributed by atoms with E-state index < -0.39 is 11.1 Å². The van der Waals surface area contributed by atoms with Gasteiger partial charge in [0, 0.05) is 17.6 Å². The van der Waals surface area contributed by atoms with Crippen LogP contribution in [0.4, 0.5) is 5.69 Å². The largest absolute Gasteiger partial charge is 0.398 e. The Labute approximate surface area is 111 Å². The molecule has 0 bridgehead atoms. The first-order valence-corrected chi connectivity index (χ1v) is 5.97. The molecule has 0 fully saturated rings. The van der Waals surface area contributed by atoms with Crippen molar-refractivity contribution >= 4 is 17.4 Å². The summed E-state index contributed by atoms with van der Waals surface area (Å²) in [6.07, 6.45) is 0. The van der Waals surface area contributed by atoms with Crippen molar-refractivity contribution in [1.82, 2.24) is 14.8 Å². The average molecular weight is 275 g/mol. The summed E-state index contributed by atoms with van der Waals surface area (Å²) in [6, 6.07) is 6.79. The monoisotopic (exact) mass is 275 g/mol. The van der Waals surface area contributed by atoms with E-state index in [2.05, 4.69) is 10.1 Å². The number of aryl methyl sites for hydroxylation is 1. The number of nitrogens with two attached hydrogens (primary N) is 1. The van der Waals surface area contributed by atoms with Crippen LogP contribution in [0.2, 0.25) is 0 Å². The quantitative estimate of drug-likeness (QED) is 0.591. The minimum atomic E-state index is -0.865. The Morgan fingerprint density at radius 2 is 2.21 bits per heavy atom. The maximum absolute atomic E-state index is 11.2. The van der Waals surface area contributed by atoms with Crippen LogP contribution < -0.4 is 16.9 Å². The highest BCUT2D eigenvalue weighted by molar-refractivity contribution is 7.99. The van der Waals surface area contributed by atoms with Gasteiger partial charge < -0.3 is 5.73 Å². The zero-order valence-electron chi connectivity index (χ0n) is 9.88. The van der Waals surface area contributed by atoms with E-state index >= 15 is 0 Å². The fourth-order valence-corrected chi connectivity index (χ4v) is 2.22. The molecule has 1 heterocycles. The molecule has 0 aliphatic heterocycles. The van der Waals surface area contributed by atoms with Gasteiger partial charge in [-0.1, -0.05) is 0 Å². The summed E-state index contributed by atoms with van der Waals surface area (Å²) in [5.74, 6) is 0. The number of rotatable bonds is 2. The number of nitriles is 1. The fourth-order valence-electron chi connectivity index (χ4n) is 1.34. The zero-order valence-corrected chi connectivity index (χ0v) is 10.7. The first kappa shape index (κ1) is 12.9. The number of H-pyrrole nitrogens is 1. The maximum atomic E-state index is 11.2. The van der Waals surface area contributed by atoms with Gasteiger partial charge in [-0.3, -0.25) is 19.4 Å². The summed E-state index contributed by atoms with van der Waals surface area (Å²) >= 11 is 1.10. The number of aromatic nitrogens is 3. The Kier molecular flexibility index (Phi) is 3.39. The van der Waals surface area contributed by atoms with Crippen LogP contribution in [0.3, 0.4) is 0 Å². The summed E-state index contributed by atoms with van der Waals surface area (Å²) < 4.78 is 1.33. The molecule has 0 amide bonds. The molecule has 0 saturated carbocycles. The highest BCUT2D eigenvalue weighted by Gasteiger charge is 2.09. The minimum Gasteiger partial charge on any atom is -0.398 e. The first-order valence-electron chi connectivity index (χ1n) is 5.16. The van der Waals surface area contributed by atoms with Gasteiger partial charge in [-0.25, -0.2) is 0 Å². The Hall–Kier alpha value is -2.53. The van der Waals surface area contributed by atoms with Gasteiger partial charge in [0.05, 0.1) is 11.6 Å². The van der Waals surface area contributed by atoms with Crippen LogP contribution in [0.1, 0.15) is 5.56 Å². The number of nitrogen functional groups attached to an aromatic ring is 1. The second-order valence-electron chi connectivity index (χ2n) is 3.67. The van der Waals surface area contributed by atoms with E-state index in [4.69, 9.17) is 11.0 Å². The van der Waals surface area contributed by atoms with Gasteiger partial charge in [0.2, 0.25) is 0 Å². The molecular formula is C11H9N5O2S. The van der Waals surface area contributed by atoms with E-state index in [1.807, 2.05) is 6.07 Å². The molecule has 0 unspecified atom stereocenters. The fraction of sp³-hybridized carbons (Fsp3) is 0.0909. The molecule has 19 heavy (non-hydrogen) atoms. The van der Waals surface area contributed by atoms with Crippen LogP contribution in [0.5, 0.6) is 0 Å². The lowest BCUT2D eigenvalue weighted by atomic mass is 10.2. The summed E-state index contributed by atoms with van der Waals surface area (Å²) in [5, 5.41) is 11.5. The number of aromatic amines is 1. The molecule has 0 saturated heterocycles. The third kappa shape index (κ3) is 2.66. The number of anilines is 1. The van der Waals surface area contributed by atoms with Crippen LogP contribution in [0.15, 0.2) is 37.8 Å². The second-order valence-corrected chi connectivity index (χ2v) is 4.68. The van der Waals surface area contributed by atoms with E-state index in [0.717, 1.165) is 11.8 Å². The number of hydrogen-bond donors (Lipinski definition) is 2. The predicted octanol–water partition coefficient (Wildman–Crippen LogP) is 0.0737. The average Bonchev–Trinajstić information content (AvgIpc) is 2.38. The van der Waals surface area contributed by atoms with Crippen LogP contribution in [0.25, 0.3) is 0 Å². The van der Waals surface area contributed by atoms with E-state index in [9.17, 15) is 9.59 Å². The highest BCUT2D eigenvalue weighted by atomic mass is 32.2. The van der Waals surface area contributed by atoms with Crippen molar-refractivity contribution in [3.63, 3.8) is 0 Å². The van der Waals surface area contributed by atoms with Crippen LogP contribution >= 0.6 is 11.8 Å². The van der Waals surface area contributed by atoms with E-state index in [1.165, 1.54) is 4.68 Å². The summed E-state index contributed by atoms with van der Waals surface area (Å²) in [5.41, 5.74) is 5.05. The SMILES string of the molecule is Cn1[nH]c(=O)c(=O)nc1Sc1cc(C#N)ccc1N. The van der Waals surface area contributed by atoms with Gasteiger partial charge in [0.15, 0.2) is 5.16 Å². The molecule has 8 heteroatoms. The predicted molar refractivity (Wildman–Crippen MR) is 69.8 cm³/mol. The summed E-state index contributed by atoms with van der Waals surface area (Å²) in [6.45, 7) is 0. The normalized spacial score (nSPS) is 10.1. The van der Waals surface area contributed by atoms with Gasteiger partial charge in [-0.05, 0) is 30.0 Å². The highest BCUT2D eigenvalue weighted by Crippen LogP contribution is 2.30. The van der Waals surface area contributed by atoms with Crippen molar-refractivity contribution in [1.29, 1.82) is 5.26 Å². The van der Waals surface area contributed by atoms with Gasteiger partial charge >= 0.3 is 11.1 Å². The van der Waals surface area contributed by atoms with Crippen LogP contribution in [-0.2, 0) is 7.05 Å². The van der Waals surface area contributed by atoms with Crippen molar-refractivity contribution in [2.24, 2.45) is 7.05 Å². The van der Waals surface area contributed by atoms with Gasteiger partial charge in [0.25, 0.3) is 0 Å². The molecule has 3 N–H and O–H groups in total. The maximum Gasteiger partial charge on any atom is 0.339 e. The Morgan fingerprint density at radius 1 is 1.47 bits per heavy atom. The number of nitrogens with one attached hydrogen (secondary N) is 1. The lowest BCUT2D eigenvalue weighted by molar-refractivity contribution is 0.596. The lowest BCUT2D eigenvalue weighted by Crippen LogP contribution is -2.33. The van der Waals surface area contributed by atoms with Crippen molar-refractivity contribution in [3.8, 4) is 6.07 Å². The zero-order chi connectivity index (χ0) is 14.0. The first-order chi connectivity index (χ1) is 9.01. The molecule has 2 aromatic rings. The van der Waals surface area contributed by atoms with E-state index in [-0.39, 0.29) is 5.16 Å². The number of hydrogen-bond acceptors (Lipinski definition) is 6. The number of benzene rings is 1. The molecule has 96 valence electrons. The standard InChI is InChI=1S/C11H9N5O2S/c1-16-11(14-9(17)10(18)15-16)19-8-4-6(5-12)2-3-7(8)13/h2-4H,13H2,1H3,(H,15,18). The molecule has 0 radical (unpaired) electrons. The molecule has 0 atom stereocenters. The minimum absolute atomic E-state index is 0.284. The van der Waals surface area contributed by atoms with Crippen LogP contribution in [0, 0.1) is 11.3 Å². The molecule has 2 rings (SSSR count). The number of nitrogens with zero attached hydrogens (tertiary/aromatic N) is 3. The van der Waals surface area contributed by atoms with E-state index in [0.29, 0.717) is 16.1 Å². The molecule has 0 aliphatic carbocycles. The molecule has 1 aromatic heterocycles. The Morgan fingerprint density at radius 3 is 2.89 bits per heavy atom. The molecule has 0 spiro atoms. The summed E-state index contributed by atoms with van der Waals surface area (Å²) in [4.78, 5) is 26.6. The lowest BCUT2D eigenvalue weighted by Gasteiger charge is -2.07. The third-order valence-electron chi connectivity index (χ3n) is 2.29. The van der Waals surface area contributed by atoms with Gasteiger partial charge in [-0.15, -0.1) is 0 Å². The van der Waals surface area contributed by atoms with Crippen molar-refractivity contribution in [2.75, 3.05) is 5.73 Å². The topological polar surface area (TPSA) is 118 Å². The van der Waals surface area contributed by atoms with Crippen molar-refractivity contribution in [3.05, 3.63) is 44.5 Å². The van der Waals surface area contributed by atoms with Gasteiger partial charge in [-0.2, -0.15) is 10.2 Å². The molecular weight excluding hydrogens is 266 g/mol. The Bertz CT molecular complexity index is 787.